The molecule has 0 aliphatic carbocycles. The standard InChI is InChI=1S/C9H12ClN3O4S/c10-7-2-3-8(9(6-7)13(14)15)12-4-1-5-18(11,16)17/h2-3,6,12H,1,4-5H2,(H2,11,16,17). The zero-order valence-electron chi connectivity index (χ0n) is 9.30. The van der Waals surface area contributed by atoms with Crippen molar-refractivity contribution in [2.45, 2.75) is 6.42 Å². The van der Waals surface area contributed by atoms with Gasteiger partial charge in [0.05, 0.1) is 10.7 Å². The van der Waals surface area contributed by atoms with Gasteiger partial charge in [-0.2, -0.15) is 0 Å². The molecule has 9 heteroatoms. The third-order valence-corrected chi connectivity index (χ3v) is 3.17. The summed E-state index contributed by atoms with van der Waals surface area (Å²) in [5.74, 6) is -0.179. The van der Waals surface area contributed by atoms with Crippen LogP contribution < -0.4 is 10.5 Å². The summed E-state index contributed by atoms with van der Waals surface area (Å²) in [6.07, 6.45) is 0.263. The molecule has 3 N–H and O–H groups in total. The number of rotatable bonds is 6. The van der Waals surface area contributed by atoms with Gasteiger partial charge in [-0.25, -0.2) is 13.6 Å². The lowest BCUT2D eigenvalue weighted by Crippen LogP contribution is -2.18. The van der Waals surface area contributed by atoms with Crippen LogP contribution in [0.1, 0.15) is 6.42 Å². The van der Waals surface area contributed by atoms with Crippen molar-refractivity contribution in [2.75, 3.05) is 17.6 Å². The molecule has 7 nitrogen and oxygen atoms in total. The van der Waals surface area contributed by atoms with E-state index in [9.17, 15) is 18.5 Å². The number of sulfonamides is 1. The van der Waals surface area contributed by atoms with E-state index in [0.29, 0.717) is 5.69 Å². The highest BCUT2D eigenvalue weighted by molar-refractivity contribution is 7.89. The molecule has 0 radical (unpaired) electrons. The average molecular weight is 294 g/mol. The zero-order valence-corrected chi connectivity index (χ0v) is 10.9. The molecule has 0 unspecified atom stereocenters. The Morgan fingerprint density at radius 1 is 1.44 bits per heavy atom. The highest BCUT2D eigenvalue weighted by atomic mass is 35.5. The minimum atomic E-state index is -3.51. The van der Waals surface area contributed by atoms with Crippen molar-refractivity contribution in [1.29, 1.82) is 0 Å². The number of nitrogens with zero attached hydrogens (tertiary/aromatic N) is 1. The van der Waals surface area contributed by atoms with Gasteiger partial charge in [-0.15, -0.1) is 0 Å². The van der Waals surface area contributed by atoms with Gasteiger partial charge in [0.1, 0.15) is 5.69 Å². The summed E-state index contributed by atoms with van der Waals surface area (Å²) in [4.78, 5) is 10.2. The fourth-order valence-corrected chi connectivity index (χ4v) is 2.01. The SMILES string of the molecule is NS(=O)(=O)CCCNc1ccc(Cl)cc1[N+](=O)[O-]. The minimum absolute atomic E-state index is 0.155. The average Bonchev–Trinajstić information content (AvgIpc) is 2.24. The van der Waals surface area contributed by atoms with Gasteiger partial charge < -0.3 is 5.32 Å². The summed E-state index contributed by atoms with van der Waals surface area (Å²) in [6, 6.07) is 4.21. The van der Waals surface area contributed by atoms with E-state index in [4.69, 9.17) is 16.7 Å². The van der Waals surface area contributed by atoms with Crippen LogP contribution in [0.25, 0.3) is 0 Å². The van der Waals surface area contributed by atoms with Crippen molar-refractivity contribution in [3.63, 3.8) is 0 Å². The molecule has 0 atom stereocenters. The quantitative estimate of drug-likeness (QED) is 0.466. The van der Waals surface area contributed by atoms with Gasteiger partial charge in [0.25, 0.3) is 5.69 Å². The molecule has 0 aliphatic heterocycles. The molecular formula is C9H12ClN3O4S. The van der Waals surface area contributed by atoms with Crippen molar-refractivity contribution in [2.24, 2.45) is 5.14 Å². The molecule has 1 aromatic rings. The Bertz CT molecular complexity index is 547. The maximum atomic E-state index is 10.8. The second-order valence-corrected chi connectivity index (χ2v) is 5.74. The molecule has 0 bridgehead atoms. The maximum absolute atomic E-state index is 10.8. The predicted molar refractivity (Wildman–Crippen MR) is 69.2 cm³/mol. The number of primary sulfonamides is 1. The molecule has 1 aromatic carbocycles. The van der Waals surface area contributed by atoms with Crippen LogP contribution >= 0.6 is 11.6 Å². The van der Waals surface area contributed by atoms with Gasteiger partial charge in [-0.05, 0) is 18.6 Å². The van der Waals surface area contributed by atoms with Crippen molar-refractivity contribution in [3.05, 3.63) is 33.3 Å². The summed E-state index contributed by atoms with van der Waals surface area (Å²) in [5.41, 5.74) is 0.136. The van der Waals surface area contributed by atoms with Crippen molar-refractivity contribution in [1.82, 2.24) is 0 Å². The largest absolute Gasteiger partial charge is 0.379 e. The number of nitro groups is 1. The van der Waals surface area contributed by atoms with E-state index in [1.54, 1.807) is 0 Å². The maximum Gasteiger partial charge on any atom is 0.293 e. The van der Waals surface area contributed by atoms with Gasteiger partial charge >= 0.3 is 0 Å². The van der Waals surface area contributed by atoms with E-state index in [2.05, 4.69) is 5.32 Å². The van der Waals surface area contributed by atoms with Crippen LogP contribution in [0.15, 0.2) is 18.2 Å². The van der Waals surface area contributed by atoms with E-state index in [0.717, 1.165) is 0 Å². The van der Waals surface area contributed by atoms with E-state index in [-0.39, 0.29) is 29.4 Å². The van der Waals surface area contributed by atoms with Crippen LogP contribution in [0, 0.1) is 10.1 Å². The highest BCUT2D eigenvalue weighted by Crippen LogP contribution is 2.27. The van der Waals surface area contributed by atoms with Crippen LogP contribution in [0.5, 0.6) is 0 Å². The first-order valence-electron chi connectivity index (χ1n) is 4.98. The lowest BCUT2D eigenvalue weighted by atomic mass is 10.2. The Morgan fingerprint density at radius 2 is 2.11 bits per heavy atom. The van der Waals surface area contributed by atoms with Crippen LogP contribution in [0.4, 0.5) is 11.4 Å². The molecule has 0 saturated heterocycles. The van der Waals surface area contributed by atoms with Crippen LogP contribution in [0.2, 0.25) is 5.02 Å². The van der Waals surface area contributed by atoms with E-state index < -0.39 is 14.9 Å². The molecular weight excluding hydrogens is 282 g/mol. The van der Waals surface area contributed by atoms with Gasteiger partial charge in [0, 0.05) is 17.6 Å². The Morgan fingerprint density at radius 3 is 2.67 bits per heavy atom. The summed E-state index contributed by atoms with van der Waals surface area (Å²) in [6.45, 7) is 0.263. The monoisotopic (exact) mass is 293 g/mol. The first-order valence-corrected chi connectivity index (χ1v) is 7.07. The number of nitrogens with one attached hydrogen (secondary N) is 1. The van der Waals surface area contributed by atoms with Crippen LogP contribution in [-0.4, -0.2) is 25.6 Å². The zero-order chi connectivity index (χ0) is 13.8. The molecule has 100 valence electrons. The third kappa shape index (κ3) is 4.86. The van der Waals surface area contributed by atoms with Gasteiger partial charge in [-0.1, -0.05) is 11.6 Å². The normalized spacial score (nSPS) is 11.2. The topological polar surface area (TPSA) is 115 Å². The van der Waals surface area contributed by atoms with Crippen molar-refractivity contribution in [3.8, 4) is 0 Å². The number of halogens is 1. The minimum Gasteiger partial charge on any atom is -0.379 e. The lowest BCUT2D eigenvalue weighted by molar-refractivity contribution is -0.383. The third-order valence-electron chi connectivity index (χ3n) is 2.08. The Labute approximate surface area is 109 Å². The molecule has 1 rings (SSSR count). The molecule has 0 aromatic heterocycles. The van der Waals surface area contributed by atoms with Crippen LogP contribution in [-0.2, 0) is 10.0 Å². The number of anilines is 1. The first-order chi connectivity index (χ1) is 8.29. The number of nitro benzene ring substituents is 1. The summed E-state index contributed by atoms with van der Waals surface area (Å²) in [7, 11) is -3.51. The van der Waals surface area contributed by atoms with E-state index in [1.165, 1.54) is 18.2 Å². The van der Waals surface area contributed by atoms with Crippen molar-refractivity contribution < 1.29 is 13.3 Å². The fourth-order valence-electron chi connectivity index (χ4n) is 1.30. The molecule has 18 heavy (non-hydrogen) atoms. The smallest absolute Gasteiger partial charge is 0.293 e. The molecule has 0 amide bonds. The summed E-state index contributed by atoms with van der Waals surface area (Å²) >= 11 is 5.65. The number of hydrogen-bond donors (Lipinski definition) is 2. The Balaban J connectivity index is 2.65. The second kappa shape index (κ2) is 5.98. The number of nitrogens with two attached hydrogens (primary N) is 1. The molecule has 0 aliphatic rings. The molecule has 0 spiro atoms. The molecule has 0 fully saturated rings. The fraction of sp³-hybridized carbons (Fsp3) is 0.333. The molecule has 0 saturated carbocycles. The number of hydrogen-bond acceptors (Lipinski definition) is 5. The highest BCUT2D eigenvalue weighted by Gasteiger charge is 2.13. The van der Waals surface area contributed by atoms with E-state index >= 15 is 0 Å². The Kier molecular flexibility index (Phi) is 4.88. The Hall–Kier alpha value is -1.38. The molecule has 0 heterocycles. The van der Waals surface area contributed by atoms with Gasteiger partial charge in [-0.3, -0.25) is 10.1 Å². The first kappa shape index (κ1) is 14.7. The van der Waals surface area contributed by atoms with Crippen molar-refractivity contribution >= 4 is 33.0 Å². The number of benzene rings is 1. The van der Waals surface area contributed by atoms with Crippen LogP contribution in [0.3, 0.4) is 0 Å². The lowest BCUT2D eigenvalue weighted by Gasteiger charge is -2.06. The predicted octanol–water partition coefficient (Wildman–Crippen LogP) is 1.34. The second-order valence-electron chi connectivity index (χ2n) is 3.57. The van der Waals surface area contributed by atoms with Gasteiger partial charge in [0.2, 0.25) is 10.0 Å². The summed E-state index contributed by atoms with van der Waals surface area (Å²) < 4.78 is 21.4. The van der Waals surface area contributed by atoms with Gasteiger partial charge in [0.15, 0.2) is 0 Å². The summed E-state index contributed by atoms with van der Waals surface area (Å²) in [5, 5.41) is 18.6. The van der Waals surface area contributed by atoms with E-state index in [1.807, 2.05) is 0 Å².